The Hall–Kier alpha value is -1.72. The summed E-state index contributed by atoms with van der Waals surface area (Å²) in [5, 5.41) is 0. The Morgan fingerprint density at radius 3 is 2.72 bits per heavy atom. The third-order valence-corrected chi connectivity index (χ3v) is 3.14. The van der Waals surface area contributed by atoms with Crippen molar-refractivity contribution >= 4 is 11.7 Å². The standard InChI is InChI=1S/C13H17N3O2/c14-15-13(18)11-3-1-2-10(8-11)9-16-6-4-12(17)5-7-16/h1-3,8H,4-7,9,14H2,(H,15,18). The van der Waals surface area contributed by atoms with Gasteiger partial charge in [0.2, 0.25) is 0 Å². The summed E-state index contributed by atoms with van der Waals surface area (Å²) in [6, 6.07) is 7.38. The SMILES string of the molecule is NNC(=O)c1cccc(CN2CCC(=O)CC2)c1. The van der Waals surface area contributed by atoms with Crippen LogP contribution in [0, 0.1) is 0 Å². The van der Waals surface area contributed by atoms with Crippen molar-refractivity contribution in [3.63, 3.8) is 0 Å². The Morgan fingerprint density at radius 1 is 1.33 bits per heavy atom. The molecule has 3 N–H and O–H groups in total. The molecule has 1 fully saturated rings. The third kappa shape index (κ3) is 3.15. The number of nitrogen functional groups attached to an aromatic ring is 1. The van der Waals surface area contributed by atoms with Gasteiger partial charge in [-0.1, -0.05) is 12.1 Å². The van der Waals surface area contributed by atoms with Gasteiger partial charge >= 0.3 is 0 Å². The van der Waals surface area contributed by atoms with Gasteiger partial charge in [0.1, 0.15) is 5.78 Å². The third-order valence-electron chi connectivity index (χ3n) is 3.14. The van der Waals surface area contributed by atoms with Crippen LogP contribution in [-0.2, 0) is 11.3 Å². The zero-order valence-corrected chi connectivity index (χ0v) is 10.2. The van der Waals surface area contributed by atoms with Crippen LogP contribution in [0.25, 0.3) is 0 Å². The van der Waals surface area contributed by atoms with Crippen molar-refractivity contribution in [3.05, 3.63) is 35.4 Å². The molecule has 18 heavy (non-hydrogen) atoms. The molecule has 5 nitrogen and oxygen atoms in total. The van der Waals surface area contributed by atoms with E-state index >= 15 is 0 Å². The Balaban J connectivity index is 2.01. The van der Waals surface area contributed by atoms with E-state index in [9.17, 15) is 9.59 Å². The first-order chi connectivity index (χ1) is 8.69. The first-order valence-corrected chi connectivity index (χ1v) is 6.03. The van der Waals surface area contributed by atoms with Crippen LogP contribution < -0.4 is 11.3 Å². The van der Waals surface area contributed by atoms with E-state index in [1.165, 1.54) is 0 Å². The van der Waals surface area contributed by atoms with Crippen molar-refractivity contribution in [2.24, 2.45) is 5.84 Å². The molecule has 1 aromatic rings. The Labute approximate surface area is 106 Å². The fourth-order valence-electron chi connectivity index (χ4n) is 2.11. The summed E-state index contributed by atoms with van der Waals surface area (Å²) < 4.78 is 0. The van der Waals surface area contributed by atoms with Crippen LogP contribution in [0.15, 0.2) is 24.3 Å². The molecular weight excluding hydrogens is 230 g/mol. The lowest BCUT2D eigenvalue weighted by atomic mass is 10.1. The molecule has 0 radical (unpaired) electrons. The first-order valence-electron chi connectivity index (χ1n) is 6.03. The molecule has 0 spiro atoms. The molecule has 1 aromatic carbocycles. The number of hydrogen-bond donors (Lipinski definition) is 2. The average molecular weight is 247 g/mol. The summed E-state index contributed by atoms with van der Waals surface area (Å²) >= 11 is 0. The van der Waals surface area contributed by atoms with Crippen molar-refractivity contribution in [1.29, 1.82) is 0 Å². The molecule has 2 rings (SSSR count). The number of benzene rings is 1. The van der Waals surface area contributed by atoms with Crippen molar-refractivity contribution in [1.82, 2.24) is 10.3 Å². The fraction of sp³-hybridized carbons (Fsp3) is 0.385. The number of hydrogen-bond acceptors (Lipinski definition) is 4. The van der Waals surface area contributed by atoms with E-state index in [0.717, 1.165) is 25.2 Å². The van der Waals surface area contributed by atoms with Gasteiger partial charge in [-0.2, -0.15) is 0 Å². The fourth-order valence-corrected chi connectivity index (χ4v) is 2.11. The quantitative estimate of drug-likeness (QED) is 0.462. The number of nitrogens with two attached hydrogens (primary N) is 1. The Morgan fingerprint density at radius 2 is 2.06 bits per heavy atom. The van der Waals surface area contributed by atoms with Gasteiger partial charge < -0.3 is 0 Å². The molecule has 0 bridgehead atoms. The molecule has 1 aliphatic rings. The number of nitrogens with one attached hydrogen (secondary N) is 1. The lowest BCUT2D eigenvalue weighted by molar-refractivity contribution is -0.121. The number of ketones is 1. The lowest BCUT2D eigenvalue weighted by Gasteiger charge is -2.25. The second-order valence-corrected chi connectivity index (χ2v) is 4.49. The Kier molecular flexibility index (Phi) is 4.07. The minimum atomic E-state index is -0.286. The number of rotatable bonds is 3. The Bertz CT molecular complexity index is 449. The molecule has 0 aliphatic carbocycles. The molecular formula is C13H17N3O2. The van der Waals surface area contributed by atoms with Crippen LogP contribution >= 0.6 is 0 Å². The predicted molar refractivity (Wildman–Crippen MR) is 67.6 cm³/mol. The van der Waals surface area contributed by atoms with E-state index < -0.39 is 0 Å². The maximum Gasteiger partial charge on any atom is 0.265 e. The van der Waals surface area contributed by atoms with E-state index in [-0.39, 0.29) is 5.91 Å². The zero-order valence-electron chi connectivity index (χ0n) is 10.2. The molecule has 5 heteroatoms. The van der Waals surface area contributed by atoms with Crippen molar-refractivity contribution in [2.75, 3.05) is 13.1 Å². The minimum absolute atomic E-state index is 0.286. The highest BCUT2D eigenvalue weighted by Gasteiger charge is 2.16. The van der Waals surface area contributed by atoms with Gasteiger partial charge in [-0.05, 0) is 17.7 Å². The van der Waals surface area contributed by atoms with Gasteiger partial charge in [0.25, 0.3) is 5.91 Å². The van der Waals surface area contributed by atoms with Crippen molar-refractivity contribution < 1.29 is 9.59 Å². The first kappa shape index (κ1) is 12.7. The molecule has 0 saturated carbocycles. The highest BCUT2D eigenvalue weighted by atomic mass is 16.2. The highest BCUT2D eigenvalue weighted by molar-refractivity contribution is 5.93. The number of piperidine rings is 1. The molecule has 1 heterocycles. The summed E-state index contributed by atoms with van der Waals surface area (Å²) in [5.74, 6) is 5.16. The van der Waals surface area contributed by atoms with Crippen molar-refractivity contribution in [3.8, 4) is 0 Å². The van der Waals surface area contributed by atoms with E-state index in [1.54, 1.807) is 6.07 Å². The molecule has 96 valence electrons. The van der Waals surface area contributed by atoms with Crippen LogP contribution in [-0.4, -0.2) is 29.7 Å². The van der Waals surface area contributed by atoms with Gasteiger partial charge in [0.05, 0.1) is 0 Å². The highest BCUT2D eigenvalue weighted by Crippen LogP contribution is 2.12. The largest absolute Gasteiger partial charge is 0.300 e. The number of Topliss-reactive ketones (excluding diaryl/α,β-unsaturated/α-hetero) is 1. The number of amides is 1. The van der Waals surface area contributed by atoms with E-state index in [0.29, 0.717) is 24.2 Å². The lowest BCUT2D eigenvalue weighted by Crippen LogP contribution is -2.33. The van der Waals surface area contributed by atoms with E-state index in [1.807, 2.05) is 18.2 Å². The van der Waals surface area contributed by atoms with Crippen LogP contribution in [0.2, 0.25) is 0 Å². The average Bonchev–Trinajstić information content (AvgIpc) is 2.41. The van der Waals surface area contributed by atoms with Gasteiger partial charge in [-0.3, -0.25) is 19.9 Å². The van der Waals surface area contributed by atoms with Crippen LogP contribution in [0.4, 0.5) is 0 Å². The topological polar surface area (TPSA) is 75.4 Å². The summed E-state index contributed by atoms with van der Waals surface area (Å²) in [5.41, 5.74) is 3.74. The number of hydrazine groups is 1. The van der Waals surface area contributed by atoms with Gasteiger partial charge in [0.15, 0.2) is 0 Å². The van der Waals surface area contributed by atoms with Crippen LogP contribution in [0.1, 0.15) is 28.8 Å². The van der Waals surface area contributed by atoms with Gasteiger partial charge in [-0.15, -0.1) is 0 Å². The van der Waals surface area contributed by atoms with Crippen LogP contribution in [0.5, 0.6) is 0 Å². The van der Waals surface area contributed by atoms with Gasteiger partial charge in [0, 0.05) is 38.0 Å². The summed E-state index contributed by atoms with van der Waals surface area (Å²) in [7, 11) is 0. The molecule has 0 unspecified atom stereocenters. The maximum atomic E-state index is 11.4. The molecule has 0 aromatic heterocycles. The summed E-state index contributed by atoms with van der Waals surface area (Å²) in [4.78, 5) is 24.8. The van der Waals surface area contributed by atoms with Crippen molar-refractivity contribution in [2.45, 2.75) is 19.4 Å². The number of likely N-dealkylation sites (tertiary alicyclic amines) is 1. The molecule has 1 aliphatic heterocycles. The van der Waals surface area contributed by atoms with E-state index in [2.05, 4.69) is 10.3 Å². The zero-order chi connectivity index (χ0) is 13.0. The minimum Gasteiger partial charge on any atom is -0.300 e. The molecule has 1 saturated heterocycles. The van der Waals surface area contributed by atoms with Crippen LogP contribution in [0.3, 0.4) is 0 Å². The number of carbonyl (C=O) groups is 2. The predicted octanol–water partition coefficient (Wildman–Crippen LogP) is 0.455. The summed E-state index contributed by atoms with van der Waals surface area (Å²) in [6.45, 7) is 2.36. The number of nitrogens with zero attached hydrogens (tertiary/aromatic N) is 1. The maximum absolute atomic E-state index is 11.4. The number of carbonyl (C=O) groups excluding carboxylic acids is 2. The molecule has 1 amide bonds. The second kappa shape index (κ2) is 5.75. The smallest absolute Gasteiger partial charge is 0.265 e. The summed E-state index contributed by atoms with van der Waals surface area (Å²) in [6.07, 6.45) is 1.26. The van der Waals surface area contributed by atoms with E-state index in [4.69, 9.17) is 5.84 Å². The molecule has 0 atom stereocenters. The monoisotopic (exact) mass is 247 g/mol. The van der Waals surface area contributed by atoms with Gasteiger partial charge in [-0.25, -0.2) is 5.84 Å². The normalized spacial score (nSPS) is 16.6. The second-order valence-electron chi connectivity index (χ2n) is 4.49.